The van der Waals surface area contributed by atoms with E-state index in [4.69, 9.17) is 5.14 Å². The van der Waals surface area contributed by atoms with E-state index >= 15 is 0 Å². The molecule has 0 radical (unpaired) electrons. The Hall–Kier alpha value is -1.84. The summed E-state index contributed by atoms with van der Waals surface area (Å²) < 4.78 is 22.5. The molecule has 1 aromatic carbocycles. The molecule has 0 heterocycles. The van der Waals surface area contributed by atoms with Gasteiger partial charge in [-0.1, -0.05) is 24.0 Å². The largest absolute Gasteiger partial charge is 0.345 e. The molecule has 0 saturated heterocycles. The van der Waals surface area contributed by atoms with Gasteiger partial charge < -0.3 is 5.32 Å². The molecule has 0 aromatic heterocycles. The van der Waals surface area contributed by atoms with Crippen molar-refractivity contribution < 1.29 is 13.2 Å². The van der Waals surface area contributed by atoms with Crippen molar-refractivity contribution >= 4 is 15.9 Å². The van der Waals surface area contributed by atoms with E-state index in [2.05, 4.69) is 17.2 Å². The van der Waals surface area contributed by atoms with Gasteiger partial charge in [-0.3, -0.25) is 4.79 Å². The summed E-state index contributed by atoms with van der Waals surface area (Å²) in [5, 5.41) is 7.53. The van der Waals surface area contributed by atoms with Gasteiger partial charge in [0, 0.05) is 12.5 Å². The smallest absolute Gasteiger partial charge is 0.239 e. The van der Waals surface area contributed by atoms with Crippen molar-refractivity contribution in [2.24, 2.45) is 5.14 Å². The lowest BCUT2D eigenvalue weighted by molar-refractivity contribution is -0.118. The van der Waals surface area contributed by atoms with Gasteiger partial charge in [0.05, 0.1) is 11.4 Å². The first kappa shape index (κ1) is 13.2. The summed E-state index contributed by atoms with van der Waals surface area (Å²) in [6.07, 6.45) is 0. The van der Waals surface area contributed by atoms with Gasteiger partial charge in [-0.05, 0) is 12.1 Å². The molecule has 5 nitrogen and oxygen atoms in total. The van der Waals surface area contributed by atoms with E-state index in [0.717, 1.165) is 0 Å². The van der Waals surface area contributed by atoms with Gasteiger partial charge in [0.2, 0.25) is 15.9 Å². The van der Waals surface area contributed by atoms with E-state index in [1.54, 1.807) is 18.2 Å². The molecule has 0 atom stereocenters. The number of carbonyl (C=O) groups is 1. The lowest BCUT2D eigenvalue weighted by atomic mass is 10.2. The molecule has 0 aliphatic rings. The molecule has 1 rings (SSSR count). The van der Waals surface area contributed by atoms with E-state index in [-0.39, 0.29) is 17.3 Å². The van der Waals surface area contributed by atoms with Crippen LogP contribution >= 0.6 is 0 Å². The van der Waals surface area contributed by atoms with Crippen LogP contribution in [0.15, 0.2) is 29.2 Å². The SMILES string of the molecule is CC(=O)NCC#Cc1ccccc1S(N)(=O)=O. The van der Waals surface area contributed by atoms with Crippen molar-refractivity contribution in [3.8, 4) is 11.8 Å². The van der Waals surface area contributed by atoms with Crippen LogP contribution in [0.25, 0.3) is 0 Å². The van der Waals surface area contributed by atoms with Crippen LogP contribution in [-0.2, 0) is 14.8 Å². The Morgan fingerprint density at radius 3 is 2.65 bits per heavy atom. The highest BCUT2D eigenvalue weighted by atomic mass is 32.2. The molecule has 1 amide bonds. The monoisotopic (exact) mass is 252 g/mol. The van der Waals surface area contributed by atoms with Crippen molar-refractivity contribution in [3.05, 3.63) is 29.8 Å². The van der Waals surface area contributed by atoms with Gasteiger partial charge >= 0.3 is 0 Å². The number of nitrogens with one attached hydrogen (secondary N) is 1. The second-order valence-electron chi connectivity index (χ2n) is 3.25. The maximum Gasteiger partial charge on any atom is 0.239 e. The molecule has 6 heteroatoms. The Bertz CT molecular complexity index is 582. The molecule has 0 fully saturated rings. The number of nitrogens with two attached hydrogens (primary N) is 1. The lowest BCUT2D eigenvalue weighted by Gasteiger charge is -2.00. The Morgan fingerprint density at radius 2 is 2.06 bits per heavy atom. The van der Waals surface area contributed by atoms with Crippen molar-refractivity contribution in [2.75, 3.05) is 6.54 Å². The fraction of sp³-hybridized carbons (Fsp3) is 0.182. The Balaban J connectivity index is 2.96. The number of amides is 1. The second kappa shape index (κ2) is 5.48. The zero-order chi connectivity index (χ0) is 12.9. The molecular weight excluding hydrogens is 240 g/mol. The number of carbonyl (C=O) groups excluding carboxylic acids is 1. The van der Waals surface area contributed by atoms with E-state index < -0.39 is 10.0 Å². The molecule has 0 bridgehead atoms. The minimum absolute atomic E-state index is 0.0182. The number of sulfonamides is 1. The topological polar surface area (TPSA) is 89.3 Å². The van der Waals surface area contributed by atoms with Gasteiger partial charge in [-0.2, -0.15) is 0 Å². The molecule has 17 heavy (non-hydrogen) atoms. The van der Waals surface area contributed by atoms with E-state index in [0.29, 0.717) is 5.56 Å². The van der Waals surface area contributed by atoms with Crippen LogP contribution in [0.3, 0.4) is 0 Å². The molecule has 0 saturated carbocycles. The van der Waals surface area contributed by atoms with E-state index in [1.165, 1.54) is 13.0 Å². The number of hydrogen-bond donors (Lipinski definition) is 2. The molecule has 0 spiro atoms. The standard InChI is InChI=1S/C11H12N2O3S/c1-9(14)13-8-4-6-10-5-2-3-7-11(10)17(12,15)16/h2-3,5,7H,8H2,1H3,(H,13,14)(H2,12,15,16). The fourth-order valence-corrected chi connectivity index (χ4v) is 1.82. The maximum absolute atomic E-state index is 11.2. The molecule has 3 N–H and O–H groups in total. The van der Waals surface area contributed by atoms with Crippen LogP contribution < -0.4 is 10.5 Å². The van der Waals surface area contributed by atoms with Crippen molar-refractivity contribution in [2.45, 2.75) is 11.8 Å². The summed E-state index contributed by atoms with van der Waals surface area (Å²) in [5.74, 6) is 5.10. The van der Waals surface area contributed by atoms with Crippen LogP contribution in [0.4, 0.5) is 0 Å². The quantitative estimate of drug-likeness (QED) is 0.716. The van der Waals surface area contributed by atoms with Crippen molar-refractivity contribution in [3.63, 3.8) is 0 Å². The predicted molar refractivity (Wildman–Crippen MR) is 63.4 cm³/mol. The van der Waals surface area contributed by atoms with Crippen molar-refractivity contribution in [1.29, 1.82) is 0 Å². The van der Waals surface area contributed by atoms with Gasteiger partial charge in [0.15, 0.2) is 0 Å². The van der Waals surface area contributed by atoms with Gasteiger partial charge in [-0.15, -0.1) is 0 Å². The highest BCUT2D eigenvalue weighted by molar-refractivity contribution is 7.89. The zero-order valence-electron chi connectivity index (χ0n) is 9.23. The Morgan fingerprint density at radius 1 is 1.41 bits per heavy atom. The highest BCUT2D eigenvalue weighted by Gasteiger charge is 2.10. The number of primary sulfonamides is 1. The van der Waals surface area contributed by atoms with Crippen molar-refractivity contribution in [1.82, 2.24) is 5.32 Å². The molecule has 1 aromatic rings. The second-order valence-corrected chi connectivity index (χ2v) is 4.78. The average Bonchev–Trinajstić information content (AvgIpc) is 2.23. The maximum atomic E-state index is 11.2. The van der Waals surface area contributed by atoms with Gasteiger partial charge in [-0.25, -0.2) is 13.6 Å². The van der Waals surface area contributed by atoms with Gasteiger partial charge in [0.25, 0.3) is 0 Å². The summed E-state index contributed by atoms with van der Waals surface area (Å²) in [6.45, 7) is 1.54. The summed E-state index contributed by atoms with van der Waals surface area (Å²) in [6, 6.07) is 6.17. The third-order valence-electron chi connectivity index (χ3n) is 1.84. The summed E-state index contributed by atoms with van der Waals surface area (Å²) in [7, 11) is -3.78. The lowest BCUT2D eigenvalue weighted by Crippen LogP contribution is -2.19. The normalized spacial score (nSPS) is 10.2. The summed E-state index contributed by atoms with van der Waals surface area (Å²) in [4.78, 5) is 10.6. The third kappa shape index (κ3) is 4.26. The molecule has 0 aliphatic heterocycles. The first-order valence-electron chi connectivity index (χ1n) is 4.76. The molecule has 0 unspecified atom stereocenters. The fourth-order valence-electron chi connectivity index (χ4n) is 1.13. The Kier molecular flexibility index (Phi) is 4.26. The minimum Gasteiger partial charge on any atom is -0.345 e. The highest BCUT2D eigenvalue weighted by Crippen LogP contribution is 2.11. The van der Waals surface area contributed by atoms with Crippen LogP contribution in [0.2, 0.25) is 0 Å². The van der Waals surface area contributed by atoms with E-state index in [9.17, 15) is 13.2 Å². The van der Waals surface area contributed by atoms with Crippen LogP contribution in [0.5, 0.6) is 0 Å². The molecule has 90 valence electrons. The van der Waals surface area contributed by atoms with Crippen LogP contribution in [0, 0.1) is 11.8 Å². The average molecular weight is 252 g/mol. The van der Waals surface area contributed by atoms with Crippen LogP contribution in [0.1, 0.15) is 12.5 Å². The number of rotatable bonds is 2. The third-order valence-corrected chi connectivity index (χ3v) is 2.81. The first-order chi connectivity index (χ1) is 7.91. The summed E-state index contributed by atoms with van der Waals surface area (Å²) >= 11 is 0. The Labute approximate surface area is 100 Å². The molecular formula is C11H12N2O3S. The van der Waals surface area contributed by atoms with E-state index in [1.807, 2.05) is 0 Å². The molecule has 0 aliphatic carbocycles. The zero-order valence-corrected chi connectivity index (χ0v) is 10.0. The van der Waals surface area contributed by atoms with Gasteiger partial charge in [0.1, 0.15) is 0 Å². The number of benzene rings is 1. The first-order valence-corrected chi connectivity index (χ1v) is 6.31. The minimum atomic E-state index is -3.78. The number of hydrogen-bond acceptors (Lipinski definition) is 3. The summed E-state index contributed by atoms with van der Waals surface area (Å²) in [5.41, 5.74) is 0.320. The predicted octanol–water partition coefficient (Wildman–Crippen LogP) is -0.178. The van der Waals surface area contributed by atoms with Crippen LogP contribution in [-0.4, -0.2) is 20.9 Å².